The van der Waals surface area contributed by atoms with E-state index in [4.69, 9.17) is 9.15 Å². The van der Waals surface area contributed by atoms with Crippen molar-refractivity contribution in [2.45, 2.75) is 45.3 Å². The molecule has 0 unspecified atom stereocenters. The molecule has 0 saturated carbocycles. The molecule has 3 rings (SSSR count). The van der Waals surface area contributed by atoms with Gasteiger partial charge in [-0.05, 0) is 61.9 Å². The van der Waals surface area contributed by atoms with Gasteiger partial charge in [-0.1, -0.05) is 12.1 Å². The third-order valence-corrected chi connectivity index (χ3v) is 4.04. The zero-order chi connectivity index (χ0) is 15.4. The lowest BCUT2D eigenvalue weighted by molar-refractivity contribution is -0.127. The summed E-state index contributed by atoms with van der Waals surface area (Å²) in [5.41, 5.74) is 2.62. The molecule has 1 heterocycles. The van der Waals surface area contributed by atoms with E-state index in [1.165, 1.54) is 24.0 Å². The Labute approximate surface area is 130 Å². The van der Waals surface area contributed by atoms with Crippen LogP contribution in [0, 0.1) is 0 Å². The van der Waals surface area contributed by atoms with E-state index in [1.54, 1.807) is 19.3 Å². The maximum Gasteiger partial charge on any atom is 0.261 e. The summed E-state index contributed by atoms with van der Waals surface area (Å²) in [6.45, 7) is 2.16. The third kappa shape index (κ3) is 3.32. The van der Waals surface area contributed by atoms with Gasteiger partial charge in [0.25, 0.3) is 5.91 Å². The van der Waals surface area contributed by atoms with Crippen LogP contribution in [0.25, 0.3) is 0 Å². The van der Waals surface area contributed by atoms with Crippen molar-refractivity contribution in [3.63, 3.8) is 0 Å². The van der Waals surface area contributed by atoms with E-state index in [2.05, 4.69) is 11.4 Å². The van der Waals surface area contributed by atoms with Crippen molar-refractivity contribution in [2.75, 3.05) is 0 Å². The highest BCUT2D eigenvalue weighted by Crippen LogP contribution is 2.30. The molecule has 2 aromatic rings. The second kappa shape index (κ2) is 6.69. The second-order valence-corrected chi connectivity index (χ2v) is 5.66. The van der Waals surface area contributed by atoms with Crippen molar-refractivity contribution in [3.05, 3.63) is 53.5 Å². The Morgan fingerprint density at radius 2 is 2.14 bits per heavy atom. The summed E-state index contributed by atoms with van der Waals surface area (Å²) in [6, 6.07) is 9.76. The van der Waals surface area contributed by atoms with Crippen LogP contribution < -0.4 is 10.1 Å². The molecule has 0 aliphatic heterocycles. The average Bonchev–Trinajstić information content (AvgIpc) is 3.06. The first-order chi connectivity index (χ1) is 10.7. The fourth-order valence-corrected chi connectivity index (χ4v) is 2.83. The molecular weight excluding hydrogens is 278 g/mol. The van der Waals surface area contributed by atoms with E-state index in [0.717, 1.165) is 24.4 Å². The molecule has 1 amide bonds. The highest BCUT2D eigenvalue weighted by Gasteiger charge is 2.19. The molecule has 0 radical (unpaired) electrons. The SMILES string of the molecule is C[C@@H](Oc1cccc2c1CCCC2)C(=O)NCc1ccco1. The van der Waals surface area contributed by atoms with Crippen molar-refractivity contribution in [1.82, 2.24) is 5.32 Å². The zero-order valence-electron chi connectivity index (χ0n) is 12.8. The normalized spacial score (nSPS) is 15.0. The molecule has 1 aliphatic rings. The summed E-state index contributed by atoms with van der Waals surface area (Å²) in [7, 11) is 0. The van der Waals surface area contributed by atoms with Crippen LogP contribution in [0.4, 0.5) is 0 Å². The topological polar surface area (TPSA) is 51.5 Å². The number of hydrogen-bond donors (Lipinski definition) is 1. The number of furan rings is 1. The molecule has 0 fully saturated rings. The lowest BCUT2D eigenvalue weighted by atomic mass is 9.91. The van der Waals surface area contributed by atoms with E-state index in [9.17, 15) is 4.79 Å². The van der Waals surface area contributed by atoms with Gasteiger partial charge in [0, 0.05) is 0 Å². The predicted octanol–water partition coefficient (Wildman–Crippen LogP) is 3.24. The number of benzene rings is 1. The minimum atomic E-state index is -0.525. The molecular formula is C18H21NO3. The number of amides is 1. The largest absolute Gasteiger partial charge is 0.481 e. The van der Waals surface area contributed by atoms with Gasteiger partial charge in [0.2, 0.25) is 0 Å². The predicted molar refractivity (Wildman–Crippen MR) is 83.7 cm³/mol. The molecule has 1 atom stereocenters. The van der Waals surface area contributed by atoms with E-state index in [-0.39, 0.29) is 5.91 Å². The lowest BCUT2D eigenvalue weighted by Crippen LogP contribution is -2.36. The minimum absolute atomic E-state index is 0.134. The molecule has 1 aliphatic carbocycles. The average molecular weight is 299 g/mol. The summed E-state index contributed by atoms with van der Waals surface area (Å²) < 4.78 is 11.1. The number of nitrogens with one attached hydrogen (secondary N) is 1. The highest BCUT2D eigenvalue weighted by atomic mass is 16.5. The molecule has 1 N–H and O–H groups in total. The molecule has 0 saturated heterocycles. The van der Waals surface area contributed by atoms with Crippen molar-refractivity contribution < 1.29 is 13.9 Å². The van der Waals surface area contributed by atoms with Crippen molar-refractivity contribution in [2.24, 2.45) is 0 Å². The smallest absolute Gasteiger partial charge is 0.261 e. The fraction of sp³-hybridized carbons (Fsp3) is 0.389. The Morgan fingerprint density at radius 3 is 2.95 bits per heavy atom. The fourth-order valence-electron chi connectivity index (χ4n) is 2.83. The number of rotatable bonds is 5. The number of ether oxygens (including phenoxy) is 1. The molecule has 0 bridgehead atoms. The van der Waals surface area contributed by atoms with Gasteiger partial charge in [0.1, 0.15) is 11.5 Å². The summed E-state index contributed by atoms with van der Waals surface area (Å²) in [5, 5.41) is 2.83. The molecule has 116 valence electrons. The van der Waals surface area contributed by atoms with Crippen LogP contribution >= 0.6 is 0 Å². The Kier molecular flexibility index (Phi) is 4.47. The zero-order valence-corrected chi connectivity index (χ0v) is 12.8. The standard InChI is InChI=1S/C18H21NO3/c1-13(18(20)19-12-15-8-5-11-21-15)22-17-10-4-7-14-6-2-3-9-16(14)17/h4-5,7-8,10-11,13H,2-3,6,9,12H2,1H3,(H,19,20)/t13-/m1/s1. The first kappa shape index (κ1) is 14.7. The minimum Gasteiger partial charge on any atom is -0.481 e. The van der Waals surface area contributed by atoms with Gasteiger partial charge in [0.15, 0.2) is 6.10 Å². The van der Waals surface area contributed by atoms with Gasteiger partial charge in [0.05, 0.1) is 12.8 Å². The molecule has 1 aromatic carbocycles. The number of fused-ring (bicyclic) bond motifs is 1. The van der Waals surface area contributed by atoms with Gasteiger partial charge in [-0.3, -0.25) is 4.79 Å². The quantitative estimate of drug-likeness (QED) is 0.922. The maximum absolute atomic E-state index is 12.1. The van der Waals surface area contributed by atoms with Crippen LogP contribution in [-0.2, 0) is 24.2 Å². The Hall–Kier alpha value is -2.23. The van der Waals surface area contributed by atoms with Crippen LogP contribution in [0.1, 0.15) is 36.7 Å². The molecule has 22 heavy (non-hydrogen) atoms. The van der Waals surface area contributed by atoms with Gasteiger partial charge in [-0.15, -0.1) is 0 Å². The summed E-state index contributed by atoms with van der Waals surface area (Å²) >= 11 is 0. The van der Waals surface area contributed by atoms with E-state index in [1.807, 2.05) is 18.2 Å². The number of aryl methyl sites for hydroxylation is 1. The van der Waals surface area contributed by atoms with Crippen molar-refractivity contribution in [1.29, 1.82) is 0 Å². The van der Waals surface area contributed by atoms with Crippen molar-refractivity contribution in [3.8, 4) is 5.75 Å². The highest BCUT2D eigenvalue weighted by molar-refractivity contribution is 5.80. The third-order valence-electron chi connectivity index (χ3n) is 4.04. The Morgan fingerprint density at radius 1 is 1.27 bits per heavy atom. The van der Waals surface area contributed by atoms with Crippen LogP contribution in [0.2, 0.25) is 0 Å². The van der Waals surface area contributed by atoms with Gasteiger partial charge >= 0.3 is 0 Å². The van der Waals surface area contributed by atoms with Crippen LogP contribution in [0.3, 0.4) is 0 Å². The van der Waals surface area contributed by atoms with Gasteiger partial charge < -0.3 is 14.5 Å². The van der Waals surface area contributed by atoms with Crippen LogP contribution in [-0.4, -0.2) is 12.0 Å². The molecule has 0 spiro atoms. The summed E-state index contributed by atoms with van der Waals surface area (Å²) in [5.74, 6) is 1.44. The van der Waals surface area contributed by atoms with Gasteiger partial charge in [-0.25, -0.2) is 0 Å². The molecule has 1 aromatic heterocycles. The van der Waals surface area contributed by atoms with E-state index in [0.29, 0.717) is 6.54 Å². The second-order valence-electron chi connectivity index (χ2n) is 5.66. The van der Waals surface area contributed by atoms with Crippen molar-refractivity contribution >= 4 is 5.91 Å². The first-order valence-corrected chi connectivity index (χ1v) is 7.81. The lowest BCUT2D eigenvalue weighted by Gasteiger charge is -2.21. The molecule has 4 heteroatoms. The number of hydrogen-bond acceptors (Lipinski definition) is 3. The van der Waals surface area contributed by atoms with Crippen LogP contribution in [0.15, 0.2) is 41.0 Å². The van der Waals surface area contributed by atoms with E-state index < -0.39 is 6.10 Å². The monoisotopic (exact) mass is 299 g/mol. The maximum atomic E-state index is 12.1. The summed E-state index contributed by atoms with van der Waals surface area (Å²) in [6.07, 6.45) is 5.63. The Bertz CT molecular complexity index is 634. The summed E-state index contributed by atoms with van der Waals surface area (Å²) in [4.78, 5) is 12.1. The first-order valence-electron chi connectivity index (χ1n) is 7.81. The van der Waals surface area contributed by atoms with Gasteiger partial charge in [-0.2, -0.15) is 0 Å². The molecule has 4 nitrogen and oxygen atoms in total. The van der Waals surface area contributed by atoms with Crippen LogP contribution in [0.5, 0.6) is 5.75 Å². The number of carbonyl (C=O) groups is 1. The number of carbonyl (C=O) groups excluding carboxylic acids is 1. The Balaban J connectivity index is 1.61. The van der Waals surface area contributed by atoms with E-state index >= 15 is 0 Å².